The first-order valence-electron chi connectivity index (χ1n) is 7.44. The van der Waals surface area contributed by atoms with E-state index in [9.17, 15) is 0 Å². The van der Waals surface area contributed by atoms with Crippen molar-refractivity contribution < 1.29 is 0 Å². The van der Waals surface area contributed by atoms with E-state index in [4.69, 9.17) is 11.6 Å². The monoisotopic (exact) mass is 308 g/mol. The zero-order valence-electron chi connectivity index (χ0n) is 13.1. The van der Waals surface area contributed by atoms with Crippen LogP contribution in [-0.2, 0) is 6.54 Å². The van der Waals surface area contributed by atoms with Crippen molar-refractivity contribution in [2.75, 3.05) is 40.8 Å². The van der Waals surface area contributed by atoms with Crippen LogP contribution in [0.5, 0.6) is 0 Å². The molecule has 5 heteroatoms. The Morgan fingerprint density at radius 1 is 1.48 bits per heavy atom. The second-order valence-electron chi connectivity index (χ2n) is 5.79. The summed E-state index contributed by atoms with van der Waals surface area (Å²) in [6.45, 7) is 4.09. The van der Waals surface area contributed by atoms with E-state index >= 15 is 0 Å². The van der Waals surface area contributed by atoms with Crippen molar-refractivity contribution in [3.63, 3.8) is 0 Å². The van der Waals surface area contributed by atoms with Gasteiger partial charge in [0.1, 0.15) is 0 Å². The summed E-state index contributed by atoms with van der Waals surface area (Å²) < 4.78 is 0. The van der Waals surface area contributed by atoms with Gasteiger partial charge in [-0.05, 0) is 37.6 Å². The lowest BCUT2D eigenvalue weighted by Gasteiger charge is -2.24. The van der Waals surface area contributed by atoms with Crippen LogP contribution in [0.1, 0.15) is 12.0 Å². The number of benzene rings is 1. The van der Waals surface area contributed by atoms with Crippen molar-refractivity contribution in [2.45, 2.75) is 13.0 Å². The van der Waals surface area contributed by atoms with Crippen LogP contribution in [-0.4, -0.2) is 56.5 Å². The molecule has 0 aliphatic carbocycles. The van der Waals surface area contributed by atoms with E-state index in [0.29, 0.717) is 5.92 Å². The molecule has 0 saturated carbocycles. The van der Waals surface area contributed by atoms with Crippen molar-refractivity contribution in [3.05, 3.63) is 34.9 Å². The van der Waals surface area contributed by atoms with Gasteiger partial charge in [0.15, 0.2) is 5.96 Å². The third-order valence-corrected chi connectivity index (χ3v) is 4.35. The van der Waals surface area contributed by atoms with E-state index < -0.39 is 0 Å². The molecule has 2 rings (SSSR count). The first-order valence-corrected chi connectivity index (χ1v) is 7.81. The van der Waals surface area contributed by atoms with Crippen LogP contribution in [0.3, 0.4) is 0 Å². The Morgan fingerprint density at radius 3 is 2.86 bits per heavy atom. The number of hydrogen-bond donors (Lipinski definition) is 1. The van der Waals surface area contributed by atoms with E-state index in [-0.39, 0.29) is 0 Å². The lowest BCUT2D eigenvalue weighted by molar-refractivity contribution is 0.390. The minimum Gasteiger partial charge on any atom is -0.356 e. The fourth-order valence-electron chi connectivity index (χ4n) is 2.77. The molecule has 0 radical (unpaired) electrons. The largest absolute Gasteiger partial charge is 0.356 e. The Hall–Kier alpha value is -1.26. The van der Waals surface area contributed by atoms with Crippen LogP contribution in [0.25, 0.3) is 0 Å². The molecule has 21 heavy (non-hydrogen) atoms. The molecule has 1 aliphatic rings. The second kappa shape index (κ2) is 7.66. The van der Waals surface area contributed by atoms with Gasteiger partial charge in [-0.2, -0.15) is 0 Å². The van der Waals surface area contributed by atoms with Gasteiger partial charge in [0, 0.05) is 38.8 Å². The van der Waals surface area contributed by atoms with Crippen molar-refractivity contribution in [1.82, 2.24) is 15.1 Å². The van der Waals surface area contributed by atoms with Gasteiger partial charge in [0.05, 0.1) is 0 Å². The quantitative estimate of drug-likeness (QED) is 0.684. The Balaban J connectivity index is 1.87. The maximum Gasteiger partial charge on any atom is 0.193 e. The molecule has 0 bridgehead atoms. The first-order chi connectivity index (χ1) is 10.1. The van der Waals surface area contributed by atoms with E-state index in [2.05, 4.69) is 33.2 Å². The minimum absolute atomic E-state index is 0.709. The summed E-state index contributed by atoms with van der Waals surface area (Å²) in [6, 6.07) is 7.95. The van der Waals surface area contributed by atoms with E-state index in [1.54, 1.807) is 0 Å². The van der Waals surface area contributed by atoms with Crippen LogP contribution >= 0.6 is 11.6 Å². The average Bonchev–Trinajstić information content (AvgIpc) is 2.88. The third-order valence-electron chi connectivity index (χ3n) is 3.98. The molecule has 0 amide bonds. The molecule has 1 aromatic rings. The van der Waals surface area contributed by atoms with Crippen LogP contribution in [0.4, 0.5) is 0 Å². The summed E-state index contributed by atoms with van der Waals surface area (Å²) in [7, 11) is 6.05. The van der Waals surface area contributed by atoms with Crippen molar-refractivity contribution in [2.24, 2.45) is 10.9 Å². The summed E-state index contributed by atoms with van der Waals surface area (Å²) in [5, 5.41) is 4.28. The number of halogens is 1. The van der Waals surface area contributed by atoms with E-state index in [1.807, 2.05) is 32.3 Å². The fraction of sp³-hybridized carbons (Fsp3) is 0.562. The van der Waals surface area contributed by atoms with E-state index in [1.165, 1.54) is 13.0 Å². The highest BCUT2D eigenvalue weighted by Crippen LogP contribution is 2.17. The van der Waals surface area contributed by atoms with Crippen LogP contribution in [0, 0.1) is 5.92 Å². The van der Waals surface area contributed by atoms with Crippen molar-refractivity contribution in [1.29, 1.82) is 0 Å². The molecule has 0 aromatic heterocycles. The summed E-state index contributed by atoms with van der Waals surface area (Å²) in [5.74, 6) is 1.63. The molecule has 4 nitrogen and oxygen atoms in total. The van der Waals surface area contributed by atoms with Gasteiger partial charge in [0.25, 0.3) is 0 Å². The second-order valence-corrected chi connectivity index (χ2v) is 6.20. The Labute approximate surface area is 132 Å². The predicted molar refractivity (Wildman–Crippen MR) is 89.9 cm³/mol. The van der Waals surface area contributed by atoms with Crippen molar-refractivity contribution >= 4 is 17.6 Å². The maximum absolute atomic E-state index is 6.22. The Bertz CT molecular complexity index is 489. The molecular formula is C16H25ClN4. The lowest BCUT2D eigenvalue weighted by atomic mass is 10.1. The molecule has 116 valence electrons. The molecule has 1 aromatic carbocycles. The van der Waals surface area contributed by atoms with Gasteiger partial charge in [-0.3, -0.25) is 4.99 Å². The third kappa shape index (κ3) is 4.61. The van der Waals surface area contributed by atoms with Crippen LogP contribution in [0.2, 0.25) is 5.02 Å². The van der Waals surface area contributed by atoms with Crippen molar-refractivity contribution in [3.8, 4) is 0 Å². The molecule has 1 fully saturated rings. The molecule has 1 aliphatic heterocycles. The van der Waals surface area contributed by atoms with Crippen LogP contribution < -0.4 is 5.32 Å². The summed E-state index contributed by atoms with van der Waals surface area (Å²) in [6.07, 6.45) is 1.26. The van der Waals surface area contributed by atoms with E-state index in [0.717, 1.165) is 36.2 Å². The predicted octanol–water partition coefficient (Wildman–Crippen LogP) is 2.30. The molecule has 1 atom stereocenters. The van der Waals surface area contributed by atoms with Gasteiger partial charge in [-0.15, -0.1) is 0 Å². The molecule has 1 heterocycles. The number of nitrogens with zero attached hydrogens (tertiary/aromatic N) is 3. The fourth-order valence-corrected chi connectivity index (χ4v) is 2.97. The number of likely N-dealkylation sites (tertiary alicyclic amines) is 1. The highest BCUT2D eigenvalue weighted by atomic mass is 35.5. The number of hydrogen-bond acceptors (Lipinski definition) is 2. The Kier molecular flexibility index (Phi) is 5.88. The maximum atomic E-state index is 6.22. The molecule has 1 N–H and O–H groups in total. The van der Waals surface area contributed by atoms with Gasteiger partial charge >= 0.3 is 0 Å². The zero-order valence-corrected chi connectivity index (χ0v) is 13.9. The van der Waals surface area contributed by atoms with Gasteiger partial charge < -0.3 is 15.1 Å². The SMILES string of the molecule is CN=C(NCC1CCN(C)C1)N(C)Cc1ccccc1Cl. The Morgan fingerprint density at radius 2 is 2.24 bits per heavy atom. The molecular weight excluding hydrogens is 284 g/mol. The smallest absolute Gasteiger partial charge is 0.193 e. The molecule has 1 unspecified atom stereocenters. The standard InChI is InChI=1S/C16H25ClN4/c1-18-16(19-10-13-8-9-20(2)11-13)21(3)12-14-6-4-5-7-15(14)17/h4-7,13H,8-12H2,1-3H3,(H,18,19). The summed E-state index contributed by atoms with van der Waals surface area (Å²) in [4.78, 5) is 8.86. The molecule has 1 saturated heterocycles. The number of nitrogens with one attached hydrogen (secondary N) is 1. The van der Waals surface area contributed by atoms with Crippen LogP contribution in [0.15, 0.2) is 29.3 Å². The average molecular weight is 309 g/mol. The van der Waals surface area contributed by atoms with Gasteiger partial charge in [-0.1, -0.05) is 29.8 Å². The number of aliphatic imine (C=N–C) groups is 1. The topological polar surface area (TPSA) is 30.9 Å². The van der Waals surface area contributed by atoms with Gasteiger partial charge in [0.2, 0.25) is 0 Å². The number of guanidine groups is 1. The first kappa shape index (κ1) is 16.1. The summed E-state index contributed by atoms with van der Waals surface area (Å²) in [5.41, 5.74) is 1.12. The zero-order chi connectivity index (χ0) is 15.2. The highest BCUT2D eigenvalue weighted by molar-refractivity contribution is 6.31. The van der Waals surface area contributed by atoms with Gasteiger partial charge in [-0.25, -0.2) is 0 Å². The summed E-state index contributed by atoms with van der Waals surface area (Å²) >= 11 is 6.22. The lowest BCUT2D eigenvalue weighted by Crippen LogP contribution is -2.41. The minimum atomic E-state index is 0.709. The number of rotatable bonds is 4. The normalized spacial score (nSPS) is 19.8. The highest BCUT2D eigenvalue weighted by Gasteiger charge is 2.20. The molecule has 0 spiro atoms.